The Morgan fingerprint density at radius 3 is 2.59 bits per heavy atom. The second kappa shape index (κ2) is 8.86. The first-order valence-electron chi connectivity index (χ1n) is 9.08. The molecule has 3 rings (SSSR count). The summed E-state index contributed by atoms with van der Waals surface area (Å²) in [6.07, 6.45) is 0.967. The smallest absolute Gasteiger partial charge is 0.223 e. The molecule has 0 bridgehead atoms. The number of carbonyl (C=O) groups is 1. The molecule has 27 heavy (non-hydrogen) atoms. The molecular formula is C21H25FN2O3. The van der Waals surface area contributed by atoms with E-state index < -0.39 is 0 Å². The molecule has 5 nitrogen and oxygen atoms in total. The number of nitrogens with zero attached hydrogens (tertiary/aromatic N) is 1. The van der Waals surface area contributed by atoms with Gasteiger partial charge in [-0.3, -0.25) is 4.79 Å². The highest BCUT2D eigenvalue weighted by molar-refractivity contribution is 5.77. The first kappa shape index (κ1) is 19.2. The molecule has 2 aromatic rings. The number of carbonyl (C=O) groups excluding carboxylic acids is 1. The van der Waals surface area contributed by atoms with Crippen molar-refractivity contribution < 1.29 is 18.7 Å². The molecular weight excluding hydrogens is 347 g/mol. The van der Waals surface area contributed by atoms with Gasteiger partial charge in [-0.05, 0) is 41.8 Å². The summed E-state index contributed by atoms with van der Waals surface area (Å²) < 4.78 is 24.2. The first-order chi connectivity index (χ1) is 13.1. The average molecular weight is 372 g/mol. The van der Waals surface area contributed by atoms with Crippen LogP contribution >= 0.6 is 0 Å². The fourth-order valence-corrected chi connectivity index (χ4v) is 3.42. The lowest BCUT2D eigenvalue weighted by atomic mass is 10.0. The largest absolute Gasteiger partial charge is 0.497 e. The van der Waals surface area contributed by atoms with Gasteiger partial charge in [0.05, 0.1) is 20.3 Å². The average Bonchev–Trinajstić information content (AvgIpc) is 2.71. The van der Waals surface area contributed by atoms with Gasteiger partial charge in [0, 0.05) is 32.1 Å². The summed E-state index contributed by atoms with van der Waals surface area (Å²) >= 11 is 0. The van der Waals surface area contributed by atoms with E-state index in [-0.39, 0.29) is 17.8 Å². The van der Waals surface area contributed by atoms with Crippen LogP contribution in [-0.4, -0.2) is 44.7 Å². The Morgan fingerprint density at radius 1 is 1.19 bits per heavy atom. The summed E-state index contributed by atoms with van der Waals surface area (Å²) in [6.45, 7) is 1.98. The monoisotopic (exact) mass is 372 g/mol. The second-order valence-electron chi connectivity index (χ2n) is 6.58. The SMILES string of the molecule is COc1cc(CCC(=O)N2CCNCC2c2cccc(F)c2)cc(OC)c1. The maximum Gasteiger partial charge on any atom is 0.223 e. The van der Waals surface area contributed by atoms with E-state index in [1.807, 2.05) is 29.2 Å². The highest BCUT2D eigenvalue weighted by Crippen LogP contribution is 2.26. The number of methoxy groups -OCH3 is 2. The highest BCUT2D eigenvalue weighted by Gasteiger charge is 2.27. The second-order valence-corrected chi connectivity index (χ2v) is 6.58. The summed E-state index contributed by atoms with van der Waals surface area (Å²) in [7, 11) is 3.21. The number of ether oxygens (including phenoxy) is 2. The quantitative estimate of drug-likeness (QED) is 0.847. The van der Waals surface area contributed by atoms with E-state index in [1.165, 1.54) is 12.1 Å². The number of hydrogen-bond acceptors (Lipinski definition) is 4. The molecule has 1 aliphatic heterocycles. The van der Waals surface area contributed by atoms with Crippen LogP contribution in [-0.2, 0) is 11.2 Å². The van der Waals surface area contributed by atoms with Gasteiger partial charge in [-0.2, -0.15) is 0 Å². The number of nitrogens with one attached hydrogen (secondary N) is 1. The zero-order valence-electron chi connectivity index (χ0n) is 15.7. The van der Waals surface area contributed by atoms with Crippen LogP contribution < -0.4 is 14.8 Å². The van der Waals surface area contributed by atoms with Gasteiger partial charge in [-0.1, -0.05) is 12.1 Å². The fourth-order valence-electron chi connectivity index (χ4n) is 3.42. The van der Waals surface area contributed by atoms with Gasteiger partial charge >= 0.3 is 0 Å². The zero-order chi connectivity index (χ0) is 19.2. The predicted molar refractivity (Wildman–Crippen MR) is 102 cm³/mol. The minimum atomic E-state index is -0.283. The fraction of sp³-hybridized carbons (Fsp3) is 0.381. The van der Waals surface area contributed by atoms with Crippen molar-refractivity contribution >= 4 is 5.91 Å². The maximum absolute atomic E-state index is 13.6. The van der Waals surface area contributed by atoms with Crippen molar-refractivity contribution in [3.05, 3.63) is 59.4 Å². The molecule has 1 fully saturated rings. The zero-order valence-corrected chi connectivity index (χ0v) is 15.7. The van der Waals surface area contributed by atoms with Crippen LogP contribution in [0, 0.1) is 5.82 Å². The van der Waals surface area contributed by atoms with Gasteiger partial charge in [0.15, 0.2) is 0 Å². The number of benzene rings is 2. The van der Waals surface area contributed by atoms with Gasteiger partial charge < -0.3 is 19.7 Å². The highest BCUT2D eigenvalue weighted by atomic mass is 19.1. The third kappa shape index (κ3) is 4.77. The van der Waals surface area contributed by atoms with Crippen molar-refractivity contribution in [3.8, 4) is 11.5 Å². The molecule has 1 N–H and O–H groups in total. The van der Waals surface area contributed by atoms with E-state index >= 15 is 0 Å². The number of amides is 1. The maximum atomic E-state index is 13.6. The number of rotatable bonds is 6. The standard InChI is InChI=1S/C21H25FN2O3/c1-26-18-10-15(11-19(13-18)27-2)6-7-21(25)24-9-8-23-14-20(24)16-4-3-5-17(22)12-16/h3-5,10-13,20,23H,6-9,14H2,1-2H3. The van der Waals surface area contributed by atoms with Crippen LogP contribution in [0.3, 0.4) is 0 Å². The molecule has 1 atom stereocenters. The first-order valence-corrected chi connectivity index (χ1v) is 9.08. The molecule has 6 heteroatoms. The molecule has 1 aliphatic rings. The third-order valence-electron chi connectivity index (χ3n) is 4.84. The van der Waals surface area contributed by atoms with Crippen molar-refractivity contribution in [2.24, 2.45) is 0 Å². The van der Waals surface area contributed by atoms with Gasteiger partial charge in [0.25, 0.3) is 0 Å². The molecule has 1 amide bonds. The summed E-state index contributed by atoms with van der Waals surface area (Å²) in [5.74, 6) is 1.19. The molecule has 0 radical (unpaired) electrons. The molecule has 144 valence electrons. The lowest BCUT2D eigenvalue weighted by molar-refractivity contribution is -0.134. The normalized spacial score (nSPS) is 16.9. The van der Waals surface area contributed by atoms with E-state index in [4.69, 9.17) is 9.47 Å². The van der Waals surface area contributed by atoms with Gasteiger partial charge in [0.1, 0.15) is 17.3 Å². The molecule has 1 unspecified atom stereocenters. The third-order valence-corrected chi connectivity index (χ3v) is 4.84. The van der Waals surface area contributed by atoms with Crippen molar-refractivity contribution in [1.29, 1.82) is 0 Å². The van der Waals surface area contributed by atoms with Crippen LogP contribution in [0.25, 0.3) is 0 Å². The van der Waals surface area contributed by atoms with Gasteiger partial charge in [-0.25, -0.2) is 4.39 Å². The number of halogens is 1. The molecule has 0 saturated carbocycles. The van der Waals surface area contributed by atoms with E-state index in [0.29, 0.717) is 37.4 Å². The molecule has 1 saturated heterocycles. The van der Waals surface area contributed by atoms with Crippen molar-refractivity contribution in [2.45, 2.75) is 18.9 Å². The predicted octanol–water partition coefficient (Wildman–Crippen LogP) is 2.95. The summed E-state index contributed by atoms with van der Waals surface area (Å²) in [5.41, 5.74) is 1.80. The number of aryl methyl sites for hydroxylation is 1. The topological polar surface area (TPSA) is 50.8 Å². The van der Waals surface area contributed by atoms with Crippen molar-refractivity contribution in [2.75, 3.05) is 33.9 Å². The van der Waals surface area contributed by atoms with Crippen LogP contribution in [0.1, 0.15) is 23.6 Å². The van der Waals surface area contributed by atoms with Crippen LogP contribution in [0.4, 0.5) is 4.39 Å². The minimum absolute atomic E-state index is 0.0625. The van der Waals surface area contributed by atoms with E-state index in [9.17, 15) is 9.18 Å². The molecule has 0 aliphatic carbocycles. The summed E-state index contributed by atoms with van der Waals surface area (Å²) in [5, 5.41) is 3.29. The lowest BCUT2D eigenvalue weighted by Crippen LogP contribution is -2.48. The Labute approximate surface area is 159 Å². The molecule has 0 spiro atoms. The van der Waals surface area contributed by atoms with Gasteiger partial charge in [0.2, 0.25) is 5.91 Å². The summed E-state index contributed by atoms with van der Waals surface area (Å²) in [6, 6.07) is 12.0. The molecule has 1 heterocycles. The number of piperazine rings is 1. The lowest BCUT2D eigenvalue weighted by Gasteiger charge is -2.36. The Kier molecular flexibility index (Phi) is 6.29. The van der Waals surface area contributed by atoms with Gasteiger partial charge in [-0.15, -0.1) is 0 Å². The molecule has 2 aromatic carbocycles. The van der Waals surface area contributed by atoms with Crippen molar-refractivity contribution in [3.63, 3.8) is 0 Å². The Morgan fingerprint density at radius 2 is 1.93 bits per heavy atom. The number of hydrogen-bond donors (Lipinski definition) is 1. The Hall–Kier alpha value is -2.60. The van der Waals surface area contributed by atoms with Crippen LogP contribution in [0.5, 0.6) is 11.5 Å². The van der Waals surface area contributed by atoms with E-state index in [1.54, 1.807) is 20.3 Å². The van der Waals surface area contributed by atoms with Crippen LogP contribution in [0.15, 0.2) is 42.5 Å². The summed E-state index contributed by atoms with van der Waals surface area (Å²) in [4.78, 5) is 14.7. The van der Waals surface area contributed by atoms with Crippen molar-refractivity contribution in [1.82, 2.24) is 10.2 Å². The Balaban J connectivity index is 1.70. The van der Waals surface area contributed by atoms with Crippen LogP contribution in [0.2, 0.25) is 0 Å². The molecule has 0 aromatic heterocycles. The minimum Gasteiger partial charge on any atom is -0.497 e. The van der Waals surface area contributed by atoms with E-state index in [2.05, 4.69) is 5.32 Å². The van der Waals surface area contributed by atoms with E-state index in [0.717, 1.165) is 17.7 Å². The Bertz CT molecular complexity index is 774.